The van der Waals surface area contributed by atoms with Crippen LogP contribution >= 0.6 is 0 Å². The first kappa shape index (κ1) is 18.6. The van der Waals surface area contributed by atoms with Gasteiger partial charge in [0, 0.05) is 37.7 Å². The summed E-state index contributed by atoms with van der Waals surface area (Å²) in [5.74, 6) is 0.653. The van der Waals surface area contributed by atoms with Gasteiger partial charge in [0.2, 0.25) is 0 Å². The number of benzene rings is 1. The van der Waals surface area contributed by atoms with Gasteiger partial charge in [-0.05, 0) is 45.0 Å². The number of nitrogens with zero attached hydrogens (tertiary/aromatic N) is 1. The lowest BCUT2D eigenvalue weighted by atomic mass is 10.1. The minimum Gasteiger partial charge on any atom is -0.490 e. The molecule has 6 nitrogen and oxygen atoms in total. The molecule has 24 heavy (non-hydrogen) atoms. The number of nitrogens with one attached hydrogen (secondary N) is 1. The van der Waals surface area contributed by atoms with Crippen molar-refractivity contribution in [3.63, 3.8) is 0 Å². The minimum atomic E-state index is -3.19. The first-order chi connectivity index (χ1) is 11.0. The summed E-state index contributed by atoms with van der Waals surface area (Å²) in [4.78, 5) is 14.2. The number of hydrogen-bond donors (Lipinski definition) is 1. The number of hydrogen-bond acceptors (Lipinski definition) is 4. The van der Waals surface area contributed by atoms with Crippen molar-refractivity contribution in [2.45, 2.75) is 50.2 Å². The predicted molar refractivity (Wildman–Crippen MR) is 93.1 cm³/mol. The predicted octanol–water partition coefficient (Wildman–Crippen LogP) is 2.44. The van der Waals surface area contributed by atoms with Gasteiger partial charge in [-0.1, -0.05) is 0 Å². The second-order valence-electron chi connectivity index (χ2n) is 7.23. The van der Waals surface area contributed by atoms with Gasteiger partial charge in [0.25, 0.3) is 0 Å². The number of likely N-dealkylation sites (tertiary alicyclic amines) is 1. The normalized spacial score (nSPS) is 16.8. The highest BCUT2D eigenvalue weighted by Crippen LogP contribution is 2.21. The summed E-state index contributed by atoms with van der Waals surface area (Å²) >= 11 is 0. The molecule has 2 amide bonds. The maximum Gasteiger partial charge on any atom is 0.317 e. The van der Waals surface area contributed by atoms with E-state index in [0.717, 1.165) is 12.8 Å². The van der Waals surface area contributed by atoms with Crippen molar-refractivity contribution < 1.29 is 17.9 Å². The number of ether oxygens (including phenoxy) is 1. The molecule has 0 aromatic heterocycles. The van der Waals surface area contributed by atoms with Crippen molar-refractivity contribution in [1.29, 1.82) is 0 Å². The van der Waals surface area contributed by atoms with Gasteiger partial charge in [-0.3, -0.25) is 0 Å². The van der Waals surface area contributed by atoms with E-state index in [1.165, 1.54) is 6.26 Å². The summed E-state index contributed by atoms with van der Waals surface area (Å²) in [6.45, 7) is 7.17. The van der Waals surface area contributed by atoms with Crippen LogP contribution in [0.1, 0.15) is 33.6 Å². The lowest BCUT2D eigenvalue weighted by Crippen LogP contribution is -2.51. The van der Waals surface area contributed by atoms with E-state index in [1.54, 1.807) is 29.2 Å². The van der Waals surface area contributed by atoms with Crippen molar-refractivity contribution in [3.05, 3.63) is 24.3 Å². The van der Waals surface area contributed by atoms with Gasteiger partial charge in [-0.15, -0.1) is 0 Å². The van der Waals surface area contributed by atoms with Crippen LogP contribution in [0.15, 0.2) is 29.2 Å². The quantitative estimate of drug-likeness (QED) is 0.904. The molecule has 1 aromatic carbocycles. The molecule has 1 heterocycles. The van der Waals surface area contributed by atoms with Crippen LogP contribution in [0.3, 0.4) is 0 Å². The van der Waals surface area contributed by atoms with Gasteiger partial charge in [0.05, 0.1) is 4.90 Å². The van der Waals surface area contributed by atoms with E-state index in [4.69, 9.17) is 4.74 Å². The van der Waals surface area contributed by atoms with Gasteiger partial charge in [-0.25, -0.2) is 13.2 Å². The van der Waals surface area contributed by atoms with E-state index < -0.39 is 9.84 Å². The fourth-order valence-corrected chi connectivity index (χ4v) is 3.16. The van der Waals surface area contributed by atoms with Crippen LogP contribution in [0, 0.1) is 0 Å². The van der Waals surface area contributed by atoms with E-state index in [2.05, 4.69) is 5.32 Å². The van der Waals surface area contributed by atoms with Gasteiger partial charge < -0.3 is 15.0 Å². The Morgan fingerprint density at radius 3 is 2.17 bits per heavy atom. The van der Waals surface area contributed by atoms with Gasteiger partial charge in [0.1, 0.15) is 11.9 Å². The van der Waals surface area contributed by atoms with Crippen LogP contribution in [-0.4, -0.2) is 50.3 Å². The van der Waals surface area contributed by atoms with Crippen molar-refractivity contribution in [3.8, 4) is 5.75 Å². The first-order valence-electron chi connectivity index (χ1n) is 8.08. The van der Waals surface area contributed by atoms with Crippen molar-refractivity contribution >= 4 is 15.9 Å². The lowest BCUT2D eigenvalue weighted by molar-refractivity contribution is 0.108. The molecule has 1 N–H and O–H groups in total. The molecular formula is C17H26N2O4S. The van der Waals surface area contributed by atoms with Crippen LogP contribution < -0.4 is 10.1 Å². The van der Waals surface area contributed by atoms with Crippen molar-refractivity contribution in [2.24, 2.45) is 0 Å². The average molecular weight is 354 g/mol. The molecule has 0 radical (unpaired) electrons. The largest absolute Gasteiger partial charge is 0.490 e. The molecule has 2 rings (SSSR count). The highest BCUT2D eigenvalue weighted by atomic mass is 32.2. The molecule has 1 aliphatic rings. The number of carbonyl (C=O) groups is 1. The van der Waals surface area contributed by atoms with Crippen LogP contribution in [0.25, 0.3) is 0 Å². The molecule has 0 spiro atoms. The number of urea groups is 1. The summed E-state index contributed by atoms with van der Waals surface area (Å²) in [7, 11) is -3.19. The zero-order valence-electron chi connectivity index (χ0n) is 14.7. The maximum atomic E-state index is 12.1. The van der Waals surface area contributed by atoms with Crippen molar-refractivity contribution in [2.75, 3.05) is 19.3 Å². The zero-order valence-corrected chi connectivity index (χ0v) is 15.5. The van der Waals surface area contributed by atoms with Crippen molar-refractivity contribution in [1.82, 2.24) is 10.2 Å². The molecule has 1 aliphatic heterocycles. The Morgan fingerprint density at radius 1 is 1.17 bits per heavy atom. The Morgan fingerprint density at radius 2 is 1.71 bits per heavy atom. The van der Waals surface area contributed by atoms with Crippen LogP contribution in [0.5, 0.6) is 5.75 Å². The number of rotatable bonds is 3. The number of amides is 2. The standard InChI is InChI=1S/C17H26N2O4S/c1-17(2,3)18-16(20)19-11-9-14(10-12-19)23-13-5-7-15(8-6-13)24(4,21)22/h5-8,14H,9-12H2,1-4H3,(H,18,20). The summed E-state index contributed by atoms with van der Waals surface area (Å²) in [6, 6.07) is 6.41. The third-order valence-corrected chi connectivity index (χ3v) is 4.89. The van der Waals surface area contributed by atoms with E-state index >= 15 is 0 Å². The Labute approximate surface area is 144 Å². The van der Waals surface area contributed by atoms with Crippen LogP contribution in [0.4, 0.5) is 4.79 Å². The average Bonchev–Trinajstić information content (AvgIpc) is 2.46. The van der Waals surface area contributed by atoms with E-state index in [0.29, 0.717) is 18.8 Å². The Balaban J connectivity index is 1.86. The second-order valence-corrected chi connectivity index (χ2v) is 9.24. The summed E-state index contributed by atoms with van der Waals surface area (Å²) in [5, 5.41) is 2.96. The maximum absolute atomic E-state index is 12.1. The first-order valence-corrected chi connectivity index (χ1v) is 9.97. The molecule has 134 valence electrons. The fourth-order valence-electron chi connectivity index (χ4n) is 2.53. The molecule has 0 saturated carbocycles. The topological polar surface area (TPSA) is 75.7 Å². The Hall–Kier alpha value is -1.76. The van der Waals surface area contributed by atoms with E-state index in [9.17, 15) is 13.2 Å². The molecule has 0 aliphatic carbocycles. The van der Waals surface area contributed by atoms with E-state index in [1.807, 2.05) is 20.8 Å². The fraction of sp³-hybridized carbons (Fsp3) is 0.588. The highest BCUT2D eigenvalue weighted by Gasteiger charge is 2.26. The summed E-state index contributed by atoms with van der Waals surface area (Å²) < 4.78 is 28.8. The molecule has 0 atom stereocenters. The number of carbonyl (C=O) groups excluding carboxylic acids is 1. The Bertz CT molecular complexity index is 670. The van der Waals surface area contributed by atoms with E-state index in [-0.39, 0.29) is 22.6 Å². The molecular weight excluding hydrogens is 328 g/mol. The molecule has 1 saturated heterocycles. The smallest absolute Gasteiger partial charge is 0.317 e. The zero-order chi connectivity index (χ0) is 18.0. The molecule has 1 fully saturated rings. The molecule has 0 unspecified atom stereocenters. The molecule has 0 bridgehead atoms. The highest BCUT2D eigenvalue weighted by molar-refractivity contribution is 7.90. The third kappa shape index (κ3) is 5.40. The summed E-state index contributed by atoms with van der Waals surface area (Å²) in [5.41, 5.74) is -0.244. The SMILES string of the molecule is CC(C)(C)NC(=O)N1CCC(Oc2ccc(S(C)(=O)=O)cc2)CC1. The number of sulfone groups is 1. The van der Waals surface area contributed by atoms with Crippen LogP contribution in [-0.2, 0) is 9.84 Å². The lowest BCUT2D eigenvalue weighted by Gasteiger charge is -2.34. The van der Waals surface area contributed by atoms with Gasteiger partial charge in [-0.2, -0.15) is 0 Å². The minimum absolute atomic E-state index is 0.0350. The van der Waals surface area contributed by atoms with Gasteiger partial charge in [0.15, 0.2) is 9.84 Å². The van der Waals surface area contributed by atoms with Gasteiger partial charge >= 0.3 is 6.03 Å². The molecule has 1 aromatic rings. The van der Waals surface area contributed by atoms with Crippen LogP contribution in [0.2, 0.25) is 0 Å². The third-order valence-electron chi connectivity index (χ3n) is 3.77. The summed E-state index contributed by atoms with van der Waals surface area (Å²) in [6.07, 6.45) is 2.73. The number of piperidine rings is 1. The molecule has 7 heteroatoms. The monoisotopic (exact) mass is 354 g/mol. The second kappa shape index (κ2) is 7.01. The Kier molecular flexibility index (Phi) is 5.42.